The van der Waals surface area contributed by atoms with E-state index in [1.807, 2.05) is 6.92 Å². The van der Waals surface area contributed by atoms with Crippen LogP contribution in [0.5, 0.6) is 0 Å². The fraction of sp³-hybridized carbons (Fsp3) is 0.938. The largest absolute Gasteiger partial charge is 0.322 e. The van der Waals surface area contributed by atoms with Crippen LogP contribution in [0.25, 0.3) is 0 Å². The normalized spacial score (nSPS) is 33.7. The number of rotatable bonds is 5. The second-order valence-electron chi connectivity index (χ2n) is 6.68. The zero-order valence-electron chi connectivity index (χ0n) is 13.6. The first-order valence-electron chi connectivity index (χ1n) is 8.34. The minimum absolute atomic E-state index is 0.201. The van der Waals surface area contributed by atoms with Crippen LogP contribution in [0.3, 0.4) is 0 Å². The third kappa shape index (κ3) is 3.01. The minimum Gasteiger partial charge on any atom is -0.322 e. The summed E-state index contributed by atoms with van der Waals surface area (Å²) in [6.07, 6.45) is 6.01. The molecule has 0 saturated carbocycles. The van der Waals surface area contributed by atoms with Crippen molar-refractivity contribution >= 4 is 5.91 Å². The Balaban J connectivity index is 2.02. The number of carbonyl (C=O) groups is 1. The van der Waals surface area contributed by atoms with Crippen LogP contribution in [0.4, 0.5) is 0 Å². The fourth-order valence-corrected chi connectivity index (χ4v) is 3.59. The molecule has 0 radical (unpaired) electrons. The maximum atomic E-state index is 12.8. The van der Waals surface area contributed by atoms with Crippen molar-refractivity contribution in [2.75, 3.05) is 19.6 Å². The van der Waals surface area contributed by atoms with Gasteiger partial charge in [0.15, 0.2) is 0 Å². The molecule has 2 aliphatic heterocycles. The van der Waals surface area contributed by atoms with Crippen LogP contribution in [0, 0.1) is 0 Å². The molecule has 20 heavy (non-hydrogen) atoms. The van der Waals surface area contributed by atoms with Crippen molar-refractivity contribution in [3.05, 3.63) is 0 Å². The molecule has 0 aromatic rings. The number of piperidine rings is 1. The number of nitrogens with one attached hydrogen (secondary N) is 1. The van der Waals surface area contributed by atoms with Gasteiger partial charge in [0.25, 0.3) is 0 Å². The molecule has 4 nitrogen and oxygen atoms in total. The van der Waals surface area contributed by atoms with Gasteiger partial charge in [-0.3, -0.25) is 10.1 Å². The van der Waals surface area contributed by atoms with Crippen LogP contribution in [0.1, 0.15) is 59.8 Å². The SMILES string of the molecule is CCC1NC(C)(CC)C(=O)N1C(C)CN1CCCCC1. The van der Waals surface area contributed by atoms with Crippen molar-refractivity contribution in [3.8, 4) is 0 Å². The number of carbonyl (C=O) groups excluding carboxylic acids is 1. The van der Waals surface area contributed by atoms with E-state index in [4.69, 9.17) is 0 Å². The predicted molar refractivity (Wildman–Crippen MR) is 82.5 cm³/mol. The van der Waals surface area contributed by atoms with Gasteiger partial charge in [-0.1, -0.05) is 20.3 Å². The molecule has 2 saturated heterocycles. The Morgan fingerprint density at radius 1 is 1.30 bits per heavy atom. The maximum Gasteiger partial charge on any atom is 0.244 e. The van der Waals surface area contributed by atoms with Gasteiger partial charge in [0.05, 0.1) is 11.7 Å². The van der Waals surface area contributed by atoms with Crippen molar-refractivity contribution in [3.63, 3.8) is 0 Å². The van der Waals surface area contributed by atoms with E-state index in [0.717, 1.165) is 19.4 Å². The summed E-state index contributed by atoms with van der Waals surface area (Å²) in [6.45, 7) is 11.9. The monoisotopic (exact) mass is 281 g/mol. The van der Waals surface area contributed by atoms with E-state index in [1.165, 1.54) is 32.4 Å². The molecule has 2 heterocycles. The Bertz CT molecular complexity index is 341. The molecule has 2 aliphatic rings. The van der Waals surface area contributed by atoms with Crippen molar-refractivity contribution in [1.29, 1.82) is 0 Å². The third-order valence-electron chi connectivity index (χ3n) is 5.07. The average molecular weight is 281 g/mol. The van der Waals surface area contributed by atoms with Gasteiger partial charge in [0.1, 0.15) is 0 Å². The Morgan fingerprint density at radius 2 is 1.95 bits per heavy atom. The summed E-state index contributed by atoms with van der Waals surface area (Å²) in [5, 5.41) is 3.54. The van der Waals surface area contributed by atoms with Gasteiger partial charge in [-0.25, -0.2) is 0 Å². The topological polar surface area (TPSA) is 35.6 Å². The second kappa shape index (κ2) is 6.44. The van der Waals surface area contributed by atoms with E-state index in [-0.39, 0.29) is 17.6 Å². The van der Waals surface area contributed by atoms with E-state index < -0.39 is 0 Å². The molecule has 3 atom stereocenters. The molecule has 0 bridgehead atoms. The standard InChI is InChI=1S/C16H31N3O/c1-5-14-17-16(4,6-2)15(20)19(14)13(3)12-18-10-8-7-9-11-18/h13-14,17H,5-12H2,1-4H3. The average Bonchev–Trinajstić information content (AvgIpc) is 2.72. The fourth-order valence-electron chi connectivity index (χ4n) is 3.59. The quantitative estimate of drug-likeness (QED) is 0.839. The van der Waals surface area contributed by atoms with Crippen molar-refractivity contribution in [1.82, 2.24) is 15.1 Å². The molecule has 4 heteroatoms. The Kier molecular flexibility index (Phi) is 5.08. The summed E-state index contributed by atoms with van der Waals surface area (Å²) in [5.74, 6) is 0.288. The van der Waals surface area contributed by atoms with Gasteiger partial charge in [0, 0.05) is 12.6 Å². The molecule has 2 fully saturated rings. The Labute approximate surface area is 123 Å². The number of amides is 1. The predicted octanol–water partition coefficient (Wildman–Crippen LogP) is 2.20. The lowest BCUT2D eigenvalue weighted by molar-refractivity contribution is -0.135. The van der Waals surface area contributed by atoms with Crippen LogP contribution < -0.4 is 5.32 Å². The first-order valence-corrected chi connectivity index (χ1v) is 8.34. The van der Waals surface area contributed by atoms with Gasteiger partial charge in [0.2, 0.25) is 5.91 Å². The molecular formula is C16H31N3O. The van der Waals surface area contributed by atoms with Crippen LogP contribution in [0.2, 0.25) is 0 Å². The van der Waals surface area contributed by atoms with Gasteiger partial charge in [-0.2, -0.15) is 0 Å². The maximum absolute atomic E-state index is 12.8. The summed E-state index contributed by atoms with van der Waals surface area (Å²) in [7, 11) is 0. The van der Waals surface area contributed by atoms with Crippen molar-refractivity contribution < 1.29 is 4.79 Å². The summed E-state index contributed by atoms with van der Waals surface area (Å²) in [4.78, 5) is 17.4. The summed E-state index contributed by atoms with van der Waals surface area (Å²) in [6, 6.07) is 0.298. The first kappa shape index (κ1) is 15.8. The first-order chi connectivity index (χ1) is 9.51. The van der Waals surface area contributed by atoms with E-state index in [9.17, 15) is 4.79 Å². The zero-order valence-corrected chi connectivity index (χ0v) is 13.6. The van der Waals surface area contributed by atoms with Crippen LogP contribution in [0.15, 0.2) is 0 Å². The highest BCUT2D eigenvalue weighted by molar-refractivity contribution is 5.88. The highest BCUT2D eigenvalue weighted by atomic mass is 16.2. The molecule has 1 amide bonds. The second-order valence-corrected chi connectivity index (χ2v) is 6.68. The van der Waals surface area contributed by atoms with Crippen LogP contribution in [-0.2, 0) is 4.79 Å². The molecule has 3 unspecified atom stereocenters. The van der Waals surface area contributed by atoms with E-state index in [0.29, 0.717) is 6.04 Å². The lowest BCUT2D eigenvalue weighted by Crippen LogP contribution is -2.49. The number of likely N-dealkylation sites (tertiary alicyclic amines) is 1. The molecule has 116 valence electrons. The molecule has 0 aromatic heterocycles. The van der Waals surface area contributed by atoms with Gasteiger partial charge in [-0.15, -0.1) is 0 Å². The van der Waals surface area contributed by atoms with E-state index >= 15 is 0 Å². The minimum atomic E-state index is -0.364. The molecule has 0 aliphatic carbocycles. The smallest absolute Gasteiger partial charge is 0.244 e. The summed E-state index contributed by atoms with van der Waals surface area (Å²) >= 11 is 0. The molecule has 0 spiro atoms. The lowest BCUT2D eigenvalue weighted by Gasteiger charge is -2.35. The lowest BCUT2D eigenvalue weighted by atomic mass is 9.99. The molecular weight excluding hydrogens is 250 g/mol. The zero-order chi connectivity index (χ0) is 14.8. The Hall–Kier alpha value is -0.610. The molecule has 1 N–H and O–H groups in total. The summed E-state index contributed by atoms with van der Waals surface area (Å²) in [5.41, 5.74) is -0.364. The van der Waals surface area contributed by atoms with Crippen LogP contribution >= 0.6 is 0 Å². The summed E-state index contributed by atoms with van der Waals surface area (Å²) < 4.78 is 0. The van der Waals surface area contributed by atoms with Gasteiger partial charge >= 0.3 is 0 Å². The van der Waals surface area contributed by atoms with E-state index in [1.54, 1.807) is 0 Å². The van der Waals surface area contributed by atoms with E-state index in [2.05, 4.69) is 35.9 Å². The number of nitrogens with zero attached hydrogens (tertiary/aromatic N) is 2. The third-order valence-corrected chi connectivity index (χ3v) is 5.07. The number of hydrogen-bond acceptors (Lipinski definition) is 3. The van der Waals surface area contributed by atoms with Crippen molar-refractivity contribution in [2.45, 2.75) is 77.5 Å². The highest BCUT2D eigenvalue weighted by Gasteiger charge is 2.47. The molecule has 2 rings (SSSR count). The van der Waals surface area contributed by atoms with Crippen molar-refractivity contribution in [2.24, 2.45) is 0 Å². The van der Waals surface area contributed by atoms with Gasteiger partial charge < -0.3 is 9.80 Å². The van der Waals surface area contributed by atoms with Gasteiger partial charge in [-0.05, 0) is 52.6 Å². The van der Waals surface area contributed by atoms with Crippen LogP contribution in [-0.4, -0.2) is 53.1 Å². The molecule has 0 aromatic carbocycles. The Morgan fingerprint density at radius 3 is 2.50 bits per heavy atom. The number of hydrogen-bond donors (Lipinski definition) is 1. The highest BCUT2D eigenvalue weighted by Crippen LogP contribution is 2.27.